The summed E-state index contributed by atoms with van der Waals surface area (Å²) in [6.07, 6.45) is 8.35. The first kappa shape index (κ1) is 14.0. The summed E-state index contributed by atoms with van der Waals surface area (Å²) in [6.45, 7) is 5.08. The van der Waals surface area contributed by atoms with E-state index in [1.165, 1.54) is 31.5 Å². The maximum atomic E-state index is 5.53. The van der Waals surface area contributed by atoms with Crippen LogP contribution < -0.4 is 5.32 Å². The average Bonchev–Trinajstić information content (AvgIpc) is 2.64. The van der Waals surface area contributed by atoms with Gasteiger partial charge in [-0.2, -0.15) is 0 Å². The number of ether oxygens (including phenoxy) is 1. The van der Waals surface area contributed by atoms with E-state index in [-0.39, 0.29) is 6.04 Å². The minimum atomic E-state index is 0.275. The molecule has 0 spiro atoms. The second-order valence-electron chi connectivity index (χ2n) is 6.07. The van der Waals surface area contributed by atoms with Gasteiger partial charge in [-0.1, -0.05) is 6.42 Å². The van der Waals surface area contributed by atoms with E-state index in [1.54, 1.807) is 0 Å². The summed E-state index contributed by atoms with van der Waals surface area (Å²) >= 11 is 0. The lowest BCUT2D eigenvalue weighted by Crippen LogP contribution is -2.33. The van der Waals surface area contributed by atoms with Crippen LogP contribution in [0.4, 0.5) is 0 Å². The highest BCUT2D eigenvalue weighted by atomic mass is 16.5. The highest BCUT2D eigenvalue weighted by Crippen LogP contribution is 2.20. The first-order valence-electron chi connectivity index (χ1n) is 8.10. The largest absolute Gasteiger partial charge is 0.381 e. The number of fused-ring (bicyclic) bond motifs is 1. The zero-order valence-electron chi connectivity index (χ0n) is 12.5. The average molecular weight is 278 g/mol. The summed E-state index contributed by atoms with van der Waals surface area (Å²) in [6, 6.07) is 0.823. The number of rotatable bonds is 3. The molecule has 112 valence electrons. The van der Waals surface area contributed by atoms with Gasteiger partial charge in [0, 0.05) is 32.2 Å². The Kier molecular flexibility index (Phi) is 4.68. The quantitative estimate of drug-likeness (QED) is 0.921. The molecular weight excluding hydrogens is 252 g/mol. The first-order valence-corrected chi connectivity index (χ1v) is 8.10. The molecule has 1 aromatic heterocycles. The predicted octanol–water partition coefficient (Wildman–Crippen LogP) is 2.22. The van der Waals surface area contributed by atoms with Gasteiger partial charge in [0.15, 0.2) is 0 Å². The Hall–Kier alpha value is -0.940. The normalized spacial score (nSPS) is 25.6. The Bertz CT molecular complexity index is 424. The molecule has 2 aliphatic rings. The molecule has 2 atom stereocenters. The Morgan fingerprint density at radius 3 is 3.05 bits per heavy atom. The summed E-state index contributed by atoms with van der Waals surface area (Å²) in [4.78, 5) is 0. The third-order valence-electron chi connectivity index (χ3n) is 4.46. The van der Waals surface area contributed by atoms with Crippen molar-refractivity contribution in [3.05, 3.63) is 11.6 Å². The van der Waals surface area contributed by atoms with Crippen LogP contribution in [0.25, 0.3) is 0 Å². The third kappa shape index (κ3) is 3.20. The summed E-state index contributed by atoms with van der Waals surface area (Å²) in [5.41, 5.74) is 0. The van der Waals surface area contributed by atoms with Gasteiger partial charge in [0.2, 0.25) is 0 Å². The van der Waals surface area contributed by atoms with Crippen molar-refractivity contribution in [1.29, 1.82) is 0 Å². The van der Waals surface area contributed by atoms with Gasteiger partial charge >= 0.3 is 0 Å². The molecule has 0 aromatic carbocycles. The minimum absolute atomic E-state index is 0.275. The fourth-order valence-electron chi connectivity index (χ4n) is 3.33. The van der Waals surface area contributed by atoms with Crippen LogP contribution in [0.5, 0.6) is 0 Å². The van der Waals surface area contributed by atoms with Crippen LogP contribution in [0.1, 0.15) is 63.1 Å². The Morgan fingerprint density at radius 1 is 1.15 bits per heavy atom. The Morgan fingerprint density at radius 2 is 2.10 bits per heavy atom. The molecule has 5 heteroatoms. The van der Waals surface area contributed by atoms with Crippen LogP contribution in [0, 0.1) is 0 Å². The molecule has 2 aliphatic heterocycles. The smallest absolute Gasteiger partial charge is 0.149 e. The van der Waals surface area contributed by atoms with E-state index < -0.39 is 0 Å². The lowest BCUT2D eigenvalue weighted by atomic mass is 10.1. The fraction of sp³-hybridized carbons (Fsp3) is 0.867. The third-order valence-corrected chi connectivity index (χ3v) is 4.46. The second kappa shape index (κ2) is 6.68. The summed E-state index contributed by atoms with van der Waals surface area (Å²) in [7, 11) is 0. The van der Waals surface area contributed by atoms with Crippen molar-refractivity contribution < 1.29 is 4.74 Å². The molecule has 3 heterocycles. The van der Waals surface area contributed by atoms with Crippen LogP contribution in [-0.4, -0.2) is 34.0 Å². The molecule has 20 heavy (non-hydrogen) atoms. The molecule has 0 saturated carbocycles. The van der Waals surface area contributed by atoms with Crippen molar-refractivity contribution in [2.24, 2.45) is 0 Å². The van der Waals surface area contributed by atoms with Gasteiger partial charge in [-0.05, 0) is 39.0 Å². The highest BCUT2D eigenvalue weighted by molar-refractivity contribution is 5.02. The van der Waals surface area contributed by atoms with E-state index in [9.17, 15) is 0 Å². The molecule has 0 amide bonds. The van der Waals surface area contributed by atoms with Crippen molar-refractivity contribution in [3.63, 3.8) is 0 Å². The number of aromatic nitrogens is 3. The number of nitrogens with one attached hydrogen (secondary N) is 1. The van der Waals surface area contributed by atoms with Crippen molar-refractivity contribution in [2.75, 3.05) is 13.2 Å². The van der Waals surface area contributed by atoms with E-state index in [0.717, 1.165) is 44.8 Å². The summed E-state index contributed by atoms with van der Waals surface area (Å²) < 4.78 is 7.88. The van der Waals surface area contributed by atoms with E-state index in [0.29, 0.717) is 6.04 Å². The zero-order valence-corrected chi connectivity index (χ0v) is 12.5. The fourth-order valence-corrected chi connectivity index (χ4v) is 3.33. The lowest BCUT2D eigenvalue weighted by Gasteiger charge is -2.21. The maximum Gasteiger partial charge on any atom is 0.149 e. The van der Waals surface area contributed by atoms with Crippen LogP contribution in [0.15, 0.2) is 0 Å². The summed E-state index contributed by atoms with van der Waals surface area (Å²) in [5.74, 6) is 2.29. The molecule has 5 nitrogen and oxygen atoms in total. The van der Waals surface area contributed by atoms with E-state index in [4.69, 9.17) is 4.74 Å². The van der Waals surface area contributed by atoms with Gasteiger partial charge in [0.05, 0.1) is 6.04 Å². The molecule has 2 unspecified atom stereocenters. The number of aryl methyl sites for hydroxylation is 1. The van der Waals surface area contributed by atoms with Gasteiger partial charge < -0.3 is 14.6 Å². The number of nitrogens with zero attached hydrogens (tertiary/aromatic N) is 3. The van der Waals surface area contributed by atoms with Crippen molar-refractivity contribution >= 4 is 0 Å². The van der Waals surface area contributed by atoms with Gasteiger partial charge in [0.1, 0.15) is 11.6 Å². The van der Waals surface area contributed by atoms with Gasteiger partial charge in [-0.3, -0.25) is 0 Å². The van der Waals surface area contributed by atoms with Crippen molar-refractivity contribution in [1.82, 2.24) is 20.1 Å². The van der Waals surface area contributed by atoms with Crippen LogP contribution in [-0.2, 0) is 17.7 Å². The Labute approximate surface area is 121 Å². The maximum absolute atomic E-state index is 5.53. The van der Waals surface area contributed by atoms with Crippen molar-refractivity contribution in [3.8, 4) is 0 Å². The standard InChI is InChI=1S/C15H26N4O/c1-12(16-13-6-5-10-20-11-8-13)15-18-17-14-7-3-2-4-9-19(14)15/h12-13,16H,2-11H2,1H3. The Balaban J connectivity index is 1.67. The molecule has 1 saturated heterocycles. The zero-order chi connectivity index (χ0) is 13.8. The number of hydrogen-bond donors (Lipinski definition) is 1. The van der Waals surface area contributed by atoms with E-state index in [2.05, 4.69) is 27.0 Å². The van der Waals surface area contributed by atoms with Crippen molar-refractivity contribution in [2.45, 2.75) is 70.5 Å². The molecule has 0 aliphatic carbocycles. The van der Waals surface area contributed by atoms with Gasteiger partial charge in [-0.15, -0.1) is 10.2 Å². The monoisotopic (exact) mass is 278 g/mol. The van der Waals surface area contributed by atoms with Gasteiger partial charge in [0.25, 0.3) is 0 Å². The SMILES string of the molecule is CC(NC1CCCOCC1)c1nnc2n1CCCCC2. The predicted molar refractivity (Wildman–Crippen MR) is 77.6 cm³/mol. The molecular formula is C15H26N4O. The lowest BCUT2D eigenvalue weighted by molar-refractivity contribution is 0.142. The molecule has 1 fully saturated rings. The molecule has 0 bridgehead atoms. The molecule has 1 aromatic rings. The molecule has 0 radical (unpaired) electrons. The van der Waals surface area contributed by atoms with Crippen LogP contribution >= 0.6 is 0 Å². The molecule has 3 rings (SSSR count). The second-order valence-corrected chi connectivity index (χ2v) is 6.07. The highest BCUT2D eigenvalue weighted by Gasteiger charge is 2.22. The number of hydrogen-bond acceptors (Lipinski definition) is 4. The minimum Gasteiger partial charge on any atom is -0.381 e. The summed E-state index contributed by atoms with van der Waals surface area (Å²) in [5, 5.41) is 12.6. The van der Waals surface area contributed by atoms with E-state index in [1.807, 2.05) is 0 Å². The van der Waals surface area contributed by atoms with Crippen LogP contribution in [0.3, 0.4) is 0 Å². The van der Waals surface area contributed by atoms with Gasteiger partial charge in [-0.25, -0.2) is 0 Å². The topological polar surface area (TPSA) is 52.0 Å². The van der Waals surface area contributed by atoms with Crippen LogP contribution in [0.2, 0.25) is 0 Å². The van der Waals surface area contributed by atoms with E-state index >= 15 is 0 Å². The molecule has 1 N–H and O–H groups in total. The first-order chi connectivity index (χ1) is 9.84.